The Hall–Kier alpha value is -1.82. The Morgan fingerprint density at radius 1 is 0.947 bits per heavy atom. The highest BCUT2D eigenvalue weighted by Gasteiger charge is 2.18. The van der Waals surface area contributed by atoms with Crippen LogP contribution in [0.5, 0.6) is 0 Å². The van der Waals surface area contributed by atoms with Crippen molar-refractivity contribution in [1.82, 2.24) is 0 Å². The standard InChI is InChI=1S/C19H20/c1-3-7-18-17-10-5-4-9-15(17)12-13-16-14(2)8-6-11-19(16)18/h4-11H,3,12-13H2,1-2H3/b18-7+. The van der Waals surface area contributed by atoms with Crippen LogP contribution in [0.2, 0.25) is 0 Å². The molecule has 0 atom stereocenters. The number of aryl methyl sites for hydroxylation is 2. The lowest BCUT2D eigenvalue weighted by Gasteiger charge is -2.13. The Bertz CT molecular complexity index is 632. The average molecular weight is 248 g/mol. The molecule has 0 aliphatic heterocycles. The van der Waals surface area contributed by atoms with Crippen molar-refractivity contribution in [2.45, 2.75) is 33.1 Å². The quantitative estimate of drug-likeness (QED) is 0.671. The second-order valence-electron chi connectivity index (χ2n) is 5.28. The Labute approximate surface area is 115 Å². The van der Waals surface area contributed by atoms with Crippen LogP contribution in [0.3, 0.4) is 0 Å². The lowest BCUT2D eigenvalue weighted by molar-refractivity contribution is 0.954. The molecule has 0 saturated carbocycles. The zero-order valence-corrected chi connectivity index (χ0v) is 11.7. The topological polar surface area (TPSA) is 0 Å². The summed E-state index contributed by atoms with van der Waals surface area (Å²) in [4.78, 5) is 0. The molecule has 2 aromatic carbocycles. The van der Waals surface area contributed by atoms with Gasteiger partial charge in [0.25, 0.3) is 0 Å². The van der Waals surface area contributed by atoms with Gasteiger partial charge in [-0.15, -0.1) is 0 Å². The predicted octanol–water partition coefficient (Wildman–Crippen LogP) is 4.94. The molecule has 0 spiro atoms. The summed E-state index contributed by atoms with van der Waals surface area (Å²) in [6, 6.07) is 15.6. The molecule has 0 heterocycles. The lowest BCUT2D eigenvalue weighted by atomic mass is 9.91. The van der Waals surface area contributed by atoms with Crippen LogP contribution in [0.4, 0.5) is 0 Å². The van der Waals surface area contributed by atoms with E-state index in [2.05, 4.69) is 62.4 Å². The Balaban J connectivity index is 2.27. The van der Waals surface area contributed by atoms with Gasteiger partial charge in [-0.25, -0.2) is 0 Å². The van der Waals surface area contributed by atoms with Crippen LogP contribution in [0.25, 0.3) is 5.57 Å². The number of benzene rings is 2. The molecule has 0 nitrogen and oxygen atoms in total. The highest BCUT2D eigenvalue weighted by atomic mass is 14.2. The minimum absolute atomic E-state index is 1.08. The van der Waals surface area contributed by atoms with Crippen LogP contribution in [0.1, 0.15) is 41.2 Å². The van der Waals surface area contributed by atoms with E-state index in [-0.39, 0.29) is 0 Å². The zero-order valence-electron chi connectivity index (χ0n) is 11.7. The molecule has 0 radical (unpaired) electrons. The third-order valence-electron chi connectivity index (χ3n) is 4.06. The maximum Gasteiger partial charge on any atom is -0.0146 e. The first-order valence-electron chi connectivity index (χ1n) is 7.18. The van der Waals surface area contributed by atoms with Crippen molar-refractivity contribution in [1.29, 1.82) is 0 Å². The smallest absolute Gasteiger partial charge is 0.0146 e. The predicted molar refractivity (Wildman–Crippen MR) is 82.4 cm³/mol. The molecule has 1 aliphatic carbocycles. The minimum atomic E-state index is 1.08. The van der Waals surface area contributed by atoms with Gasteiger partial charge in [0, 0.05) is 0 Å². The van der Waals surface area contributed by atoms with E-state index in [0.717, 1.165) is 19.3 Å². The zero-order chi connectivity index (χ0) is 13.2. The molecule has 0 bridgehead atoms. The minimum Gasteiger partial charge on any atom is -0.0763 e. The van der Waals surface area contributed by atoms with Crippen LogP contribution in [-0.4, -0.2) is 0 Å². The first-order valence-corrected chi connectivity index (χ1v) is 7.18. The van der Waals surface area contributed by atoms with Crippen molar-refractivity contribution in [3.05, 3.63) is 76.4 Å². The van der Waals surface area contributed by atoms with Crippen molar-refractivity contribution in [3.63, 3.8) is 0 Å². The van der Waals surface area contributed by atoms with E-state index in [9.17, 15) is 0 Å². The number of allylic oxidation sites excluding steroid dienone is 1. The molecule has 1 aliphatic rings. The summed E-state index contributed by atoms with van der Waals surface area (Å²) in [5.41, 5.74) is 8.72. The van der Waals surface area contributed by atoms with Gasteiger partial charge in [0.2, 0.25) is 0 Å². The van der Waals surface area contributed by atoms with E-state index < -0.39 is 0 Å². The van der Waals surface area contributed by atoms with E-state index in [1.165, 1.54) is 33.4 Å². The van der Waals surface area contributed by atoms with Gasteiger partial charge in [-0.3, -0.25) is 0 Å². The van der Waals surface area contributed by atoms with E-state index in [1.54, 1.807) is 0 Å². The number of hydrogen-bond donors (Lipinski definition) is 0. The summed E-state index contributed by atoms with van der Waals surface area (Å²) in [7, 11) is 0. The highest BCUT2D eigenvalue weighted by Crippen LogP contribution is 2.34. The third-order valence-corrected chi connectivity index (χ3v) is 4.06. The monoisotopic (exact) mass is 248 g/mol. The van der Waals surface area contributed by atoms with Gasteiger partial charge < -0.3 is 0 Å². The van der Waals surface area contributed by atoms with Crippen LogP contribution in [0, 0.1) is 6.92 Å². The summed E-state index contributed by atoms with van der Waals surface area (Å²) < 4.78 is 0. The first-order chi connectivity index (χ1) is 9.31. The normalized spacial score (nSPS) is 15.8. The van der Waals surface area contributed by atoms with Gasteiger partial charge in [-0.2, -0.15) is 0 Å². The Kier molecular flexibility index (Phi) is 3.25. The van der Waals surface area contributed by atoms with Crippen molar-refractivity contribution in [2.75, 3.05) is 0 Å². The molecule has 0 amide bonds. The molecule has 0 aromatic heterocycles. The summed E-state index contributed by atoms with van der Waals surface area (Å²) in [6.07, 6.45) is 5.76. The molecule has 19 heavy (non-hydrogen) atoms. The van der Waals surface area contributed by atoms with E-state index in [0.29, 0.717) is 0 Å². The summed E-state index contributed by atoms with van der Waals surface area (Å²) >= 11 is 0. The molecule has 96 valence electrons. The Morgan fingerprint density at radius 2 is 1.74 bits per heavy atom. The van der Waals surface area contributed by atoms with E-state index in [4.69, 9.17) is 0 Å². The largest absolute Gasteiger partial charge is 0.0763 e. The van der Waals surface area contributed by atoms with Crippen molar-refractivity contribution in [3.8, 4) is 0 Å². The van der Waals surface area contributed by atoms with Crippen molar-refractivity contribution in [2.24, 2.45) is 0 Å². The molecular weight excluding hydrogens is 228 g/mol. The van der Waals surface area contributed by atoms with Gasteiger partial charge in [0.1, 0.15) is 0 Å². The second-order valence-corrected chi connectivity index (χ2v) is 5.28. The van der Waals surface area contributed by atoms with Crippen LogP contribution in [0.15, 0.2) is 48.5 Å². The molecule has 0 fully saturated rings. The van der Waals surface area contributed by atoms with E-state index >= 15 is 0 Å². The fourth-order valence-electron chi connectivity index (χ4n) is 3.12. The van der Waals surface area contributed by atoms with Crippen molar-refractivity contribution < 1.29 is 0 Å². The number of hydrogen-bond acceptors (Lipinski definition) is 0. The van der Waals surface area contributed by atoms with Crippen LogP contribution < -0.4 is 0 Å². The van der Waals surface area contributed by atoms with Crippen molar-refractivity contribution >= 4 is 5.57 Å². The molecule has 3 rings (SSSR count). The Morgan fingerprint density at radius 3 is 2.58 bits per heavy atom. The number of fused-ring (bicyclic) bond motifs is 2. The van der Waals surface area contributed by atoms with Gasteiger partial charge in [0.15, 0.2) is 0 Å². The fourth-order valence-corrected chi connectivity index (χ4v) is 3.12. The fraction of sp³-hybridized carbons (Fsp3) is 0.263. The van der Waals surface area contributed by atoms with Gasteiger partial charge >= 0.3 is 0 Å². The first kappa shape index (κ1) is 12.2. The molecule has 0 unspecified atom stereocenters. The van der Waals surface area contributed by atoms with Gasteiger partial charge in [0.05, 0.1) is 0 Å². The summed E-state index contributed by atoms with van der Waals surface area (Å²) in [6.45, 7) is 4.45. The molecule has 2 aromatic rings. The SMILES string of the molecule is CC/C=C1\c2ccccc2CCc2c(C)cccc21. The average Bonchev–Trinajstić information content (AvgIpc) is 2.59. The highest BCUT2D eigenvalue weighted by molar-refractivity contribution is 5.84. The number of rotatable bonds is 1. The van der Waals surface area contributed by atoms with Crippen LogP contribution in [-0.2, 0) is 12.8 Å². The summed E-state index contributed by atoms with van der Waals surface area (Å²) in [5, 5.41) is 0. The maximum atomic E-state index is 2.38. The molecule has 0 saturated heterocycles. The molecular formula is C19H20. The molecule has 0 N–H and O–H groups in total. The third kappa shape index (κ3) is 2.12. The lowest BCUT2D eigenvalue weighted by Crippen LogP contribution is -1.95. The van der Waals surface area contributed by atoms with Gasteiger partial charge in [-0.1, -0.05) is 55.5 Å². The van der Waals surface area contributed by atoms with Gasteiger partial charge in [-0.05, 0) is 59.6 Å². The molecule has 0 heteroatoms. The summed E-state index contributed by atoms with van der Waals surface area (Å²) in [5.74, 6) is 0. The maximum absolute atomic E-state index is 2.38. The van der Waals surface area contributed by atoms with E-state index in [1.807, 2.05) is 0 Å². The van der Waals surface area contributed by atoms with Crippen LogP contribution >= 0.6 is 0 Å². The second kappa shape index (κ2) is 5.05.